The molecule has 2 aromatic carbocycles. The van der Waals surface area contributed by atoms with Crippen LogP contribution in [0.1, 0.15) is 22.3 Å². The molecule has 0 bridgehead atoms. The molecule has 0 aliphatic carbocycles. The van der Waals surface area contributed by atoms with Crippen molar-refractivity contribution in [1.82, 2.24) is 9.62 Å². The standard InChI is InChI=1S/C22H28N4O6S/c1-17-4-5-18(16-21(17)26(28)29)22(27)23-10-3-15-33(30,31)25-13-11-24(12-14-25)19-6-8-20(32-2)9-7-19/h4-9,16H,3,10-15H2,1-2H3,(H,23,27). The van der Waals surface area contributed by atoms with Gasteiger partial charge >= 0.3 is 0 Å². The van der Waals surface area contributed by atoms with Gasteiger partial charge in [-0.05, 0) is 43.7 Å². The second-order valence-corrected chi connectivity index (χ2v) is 9.86. The molecule has 1 heterocycles. The van der Waals surface area contributed by atoms with Crippen molar-refractivity contribution in [2.45, 2.75) is 13.3 Å². The van der Waals surface area contributed by atoms with E-state index in [0.29, 0.717) is 31.7 Å². The Morgan fingerprint density at radius 2 is 1.79 bits per heavy atom. The van der Waals surface area contributed by atoms with Crippen LogP contribution in [0.4, 0.5) is 11.4 Å². The average Bonchev–Trinajstić information content (AvgIpc) is 2.82. The van der Waals surface area contributed by atoms with Crippen molar-refractivity contribution in [3.05, 3.63) is 63.7 Å². The van der Waals surface area contributed by atoms with Crippen LogP contribution in [0.25, 0.3) is 0 Å². The maximum absolute atomic E-state index is 12.7. The second kappa shape index (κ2) is 10.6. The van der Waals surface area contributed by atoms with Crippen LogP contribution >= 0.6 is 0 Å². The molecule has 2 aromatic rings. The molecule has 1 aliphatic rings. The predicted octanol–water partition coefficient (Wildman–Crippen LogP) is 2.18. The van der Waals surface area contributed by atoms with Gasteiger partial charge in [0.1, 0.15) is 5.75 Å². The Balaban J connectivity index is 1.45. The molecule has 11 heteroatoms. The fourth-order valence-electron chi connectivity index (χ4n) is 3.65. The number of nitro benzene ring substituents is 1. The van der Waals surface area contributed by atoms with Crippen LogP contribution in [0.3, 0.4) is 0 Å². The second-order valence-electron chi connectivity index (χ2n) is 7.77. The van der Waals surface area contributed by atoms with Crippen LogP contribution in [-0.2, 0) is 10.0 Å². The van der Waals surface area contributed by atoms with Gasteiger partial charge in [-0.1, -0.05) is 6.07 Å². The number of nitro groups is 1. The Morgan fingerprint density at radius 1 is 1.12 bits per heavy atom. The van der Waals surface area contributed by atoms with Crippen LogP contribution in [0.15, 0.2) is 42.5 Å². The van der Waals surface area contributed by atoms with Gasteiger partial charge in [-0.3, -0.25) is 14.9 Å². The van der Waals surface area contributed by atoms with E-state index >= 15 is 0 Å². The molecule has 1 saturated heterocycles. The molecule has 3 rings (SSSR count). The number of benzene rings is 2. The van der Waals surface area contributed by atoms with Crippen molar-refractivity contribution in [2.75, 3.05) is 50.5 Å². The number of carbonyl (C=O) groups is 1. The highest BCUT2D eigenvalue weighted by atomic mass is 32.2. The fourth-order valence-corrected chi connectivity index (χ4v) is 5.14. The zero-order chi connectivity index (χ0) is 24.0. The summed E-state index contributed by atoms with van der Waals surface area (Å²) in [6, 6.07) is 11.9. The molecule has 0 unspecified atom stereocenters. The van der Waals surface area contributed by atoms with E-state index in [1.165, 1.54) is 22.5 Å². The highest BCUT2D eigenvalue weighted by molar-refractivity contribution is 7.89. The van der Waals surface area contributed by atoms with Gasteiger partial charge in [-0.2, -0.15) is 4.31 Å². The smallest absolute Gasteiger partial charge is 0.273 e. The van der Waals surface area contributed by atoms with E-state index in [2.05, 4.69) is 10.2 Å². The SMILES string of the molecule is COc1ccc(N2CCN(S(=O)(=O)CCCNC(=O)c3ccc(C)c([N+](=O)[O-])c3)CC2)cc1. The summed E-state index contributed by atoms with van der Waals surface area (Å²) in [6.45, 7) is 3.73. The maximum atomic E-state index is 12.7. The largest absolute Gasteiger partial charge is 0.497 e. The number of ether oxygens (including phenoxy) is 1. The van der Waals surface area contributed by atoms with Crippen molar-refractivity contribution in [3.63, 3.8) is 0 Å². The van der Waals surface area contributed by atoms with Crippen LogP contribution in [-0.4, -0.2) is 69.1 Å². The van der Waals surface area contributed by atoms with Gasteiger partial charge in [0.2, 0.25) is 10.0 Å². The summed E-state index contributed by atoms with van der Waals surface area (Å²) >= 11 is 0. The first-order chi connectivity index (χ1) is 15.7. The molecule has 1 aliphatic heterocycles. The number of rotatable bonds is 9. The monoisotopic (exact) mass is 476 g/mol. The Kier molecular flexibility index (Phi) is 7.88. The number of hydrogen-bond acceptors (Lipinski definition) is 7. The summed E-state index contributed by atoms with van der Waals surface area (Å²) in [6.07, 6.45) is 0.251. The predicted molar refractivity (Wildman–Crippen MR) is 125 cm³/mol. The minimum absolute atomic E-state index is 0.0795. The van der Waals surface area contributed by atoms with E-state index in [9.17, 15) is 23.3 Å². The first kappa shape index (κ1) is 24.5. The summed E-state index contributed by atoms with van der Waals surface area (Å²) < 4.78 is 32.0. The molecule has 1 N–H and O–H groups in total. The number of methoxy groups -OCH3 is 1. The lowest BCUT2D eigenvalue weighted by atomic mass is 10.1. The zero-order valence-corrected chi connectivity index (χ0v) is 19.5. The van der Waals surface area contributed by atoms with Crippen molar-refractivity contribution >= 4 is 27.3 Å². The van der Waals surface area contributed by atoms with Crippen LogP contribution in [0.2, 0.25) is 0 Å². The lowest BCUT2D eigenvalue weighted by Gasteiger charge is -2.35. The number of nitrogens with zero attached hydrogens (tertiary/aromatic N) is 3. The Bertz CT molecular complexity index is 1100. The van der Waals surface area contributed by atoms with Crippen LogP contribution < -0.4 is 15.0 Å². The maximum Gasteiger partial charge on any atom is 0.273 e. The van der Waals surface area contributed by atoms with E-state index in [1.54, 1.807) is 14.0 Å². The van der Waals surface area contributed by atoms with Crippen LogP contribution in [0, 0.1) is 17.0 Å². The molecular formula is C22H28N4O6S. The van der Waals surface area contributed by atoms with Gasteiger partial charge < -0.3 is 15.0 Å². The number of hydrogen-bond donors (Lipinski definition) is 1. The van der Waals surface area contributed by atoms with E-state index in [0.717, 1.165) is 11.4 Å². The highest BCUT2D eigenvalue weighted by Crippen LogP contribution is 2.22. The van der Waals surface area contributed by atoms with E-state index < -0.39 is 20.9 Å². The summed E-state index contributed by atoms with van der Waals surface area (Å²) in [4.78, 5) is 24.9. The molecule has 0 radical (unpaired) electrons. The summed E-state index contributed by atoms with van der Waals surface area (Å²) in [7, 11) is -1.83. The number of aryl methyl sites for hydroxylation is 1. The molecule has 1 fully saturated rings. The molecule has 0 aromatic heterocycles. The third-order valence-electron chi connectivity index (χ3n) is 5.60. The third-order valence-corrected chi connectivity index (χ3v) is 7.56. The summed E-state index contributed by atoms with van der Waals surface area (Å²) in [5, 5.41) is 13.7. The lowest BCUT2D eigenvalue weighted by molar-refractivity contribution is -0.385. The first-order valence-corrected chi connectivity index (χ1v) is 12.2. The molecular weight excluding hydrogens is 448 g/mol. The number of sulfonamides is 1. The summed E-state index contributed by atoms with van der Waals surface area (Å²) in [5.74, 6) is 0.223. The molecule has 0 atom stereocenters. The normalized spacial score (nSPS) is 14.7. The van der Waals surface area contributed by atoms with Gasteiger partial charge in [-0.25, -0.2) is 8.42 Å². The van der Waals surface area contributed by atoms with Crippen molar-refractivity contribution < 1.29 is 22.9 Å². The Labute approximate surface area is 193 Å². The lowest BCUT2D eigenvalue weighted by Crippen LogP contribution is -2.49. The minimum Gasteiger partial charge on any atom is -0.497 e. The molecule has 178 valence electrons. The van der Waals surface area contributed by atoms with Gasteiger partial charge in [0.05, 0.1) is 17.8 Å². The molecule has 10 nitrogen and oxygen atoms in total. The molecule has 0 spiro atoms. The van der Waals surface area contributed by atoms with Crippen molar-refractivity contribution in [3.8, 4) is 5.75 Å². The quantitative estimate of drug-likeness (QED) is 0.334. The molecule has 0 saturated carbocycles. The molecule has 1 amide bonds. The highest BCUT2D eigenvalue weighted by Gasteiger charge is 2.26. The number of nitrogens with one attached hydrogen (secondary N) is 1. The van der Waals surface area contributed by atoms with Crippen molar-refractivity contribution in [2.24, 2.45) is 0 Å². The van der Waals surface area contributed by atoms with Gasteiger partial charge in [-0.15, -0.1) is 0 Å². The minimum atomic E-state index is -3.44. The third kappa shape index (κ3) is 6.20. The number of anilines is 1. The topological polar surface area (TPSA) is 122 Å². The van der Waals surface area contributed by atoms with Crippen LogP contribution in [0.5, 0.6) is 5.75 Å². The van der Waals surface area contributed by atoms with E-state index in [4.69, 9.17) is 4.74 Å². The number of amides is 1. The number of piperazine rings is 1. The van der Waals surface area contributed by atoms with Gasteiger partial charge in [0, 0.05) is 55.6 Å². The zero-order valence-electron chi connectivity index (χ0n) is 18.7. The van der Waals surface area contributed by atoms with Gasteiger partial charge in [0.25, 0.3) is 11.6 Å². The van der Waals surface area contributed by atoms with E-state index in [-0.39, 0.29) is 30.0 Å². The Morgan fingerprint density at radius 3 is 2.39 bits per heavy atom. The molecule has 33 heavy (non-hydrogen) atoms. The first-order valence-electron chi connectivity index (χ1n) is 10.6. The Hall–Kier alpha value is -3.18. The number of carbonyl (C=O) groups excluding carboxylic acids is 1. The van der Waals surface area contributed by atoms with Crippen molar-refractivity contribution in [1.29, 1.82) is 0 Å². The summed E-state index contributed by atoms with van der Waals surface area (Å²) in [5.41, 5.74) is 1.53. The van der Waals surface area contributed by atoms with E-state index in [1.807, 2.05) is 24.3 Å². The fraction of sp³-hybridized carbons (Fsp3) is 0.409. The average molecular weight is 477 g/mol. The van der Waals surface area contributed by atoms with Gasteiger partial charge in [0.15, 0.2) is 0 Å².